The van der Waals surface area contributed by atoms with Crippen LogP contribution in [0, 0.1) is 0 Å². The molecule has 0 radical (unpaired) electrons. The number of benzene rings is 1. The molecule has 0 unspecified atom stereocenters. The van der Waals surface area contributed by atoms with Crippen LogP contribution in [0.25, 0.3) is 11.1 Å². The van der Waals surface area contributed by atoms with Crippen LogP contribution in [0.5, 0.6) is 0 Å². The first-order valence-electron chi connectivity index (χ1n) is 10.9. The summed E-state index contributed by atoms with van der Waals surface area (Å²) in [6.07, 6.45) is 12.7. The Morgan fingerprint density at radius 1 is 0.824 bits per heavy atom. The highest BCUT2D eigenvalue weighted by molar-refractivity contribution is 5.85. The number of nitrogens with one attached hydrogen (secondary N) is 1. The van der Waals surface area contributed by atoms with E-state index in [4.69, 9.17) is 0 Å². The van der Waals surface area contributed by atoms with Gasteiger partial charge in [0.15, 0.2) is 11.9 Å². The lowest BCUT2D eigenvalue weighted by molar-refractivity contribution is -0.398. The largest absolute Gasteiger partial charge is 0.474 e. The molecule has 34 heavy (non-hydrogen) atoms. The van der Waals surface area contributed by atoms with E-state index in [2.05, 4.69) is 72.5 Å². The molecule has 160 valence electrons. The van der Waals surface area contributed by atoms with Crippen molar-refractivity contribution in [1.82, 2.24) is 34.7 Å². The molecule has 0 saturated heterocycles. The highest BCUT2D eigenvalue weighted by Crippen LogP contribution is 2.55. The summed E-state index contributed by atoms with van der Waals surface area (Å²) in [6.45, 7) is 0. The molecule has 0 fully saturated rings. The van der Waals surface area contributed by atoms with E-state index in [-0.39, 0.29) is 0 Å². The molecule has 1 aliphatic carbocycles. The minimum Gasteiger partial charge on any atom is -0.281 e. The van der Waals surface area contributed by atoms with Crippen LogP contribution in [-0.2, 0) is 5.41 Å². The lowest BCUT2D eigenvalue weighted by atomic mass is 9.70. The van der Waals surface area contributed by atoms with Crippen LogP contribution >= 0.6 is 0 Å². The van der Waals surface area contributed by atoms with Crippen molar-refractivity contribution >= 4 is 23.3 Å². The van der Waals surface area contributed by atoms with Gasteiger partial charge in [0.25, 0.3) is 0 Å². The molecule has 0 amide bonds. The second-order valence-electron chi connectivity index (χ2n) is 8.31. The standard InChI is InChI=1S/C26H18N8/c1-33-16-34(25-24(33)29-11-12-30-25)18-4-2-3-17(13-18)26(23-7-10-31-32-23)21-5-8-27-14-19(21)20-15-28-9-6-22(20)26/h2-15H,1H3,(H,31,32)/q+2. The fourth-order valence-electron chi connectivity index (χ4n) is 5.26. The van der Waals surface area contributed by atoms with Crippen LogP contribution in [0.3, 0.4) is 0 Å². The van der Waals surface area contributed by atoms with Crippen LogP contribution in [-0.4, -0.2) is 47.8 Å². The maximum Gasteiger partial charge on any atom is 0.474 e. The predicted octanol–water partition coefficient (Wildman–Crippen LogP) is 3.65. The van der Waals surface area contributed by atoms with Gasteiger partial charge in [0.05, 0.1) is 17.3 Å². The summed E-state index contributed by atoms with van der Waals surface area (Å²) in [5.74, 6) is 1.52. The minimum atomic E-state index is -0.597. The fourth-order valence-corrected chi connectivity index (χ4v) is 5.26. The summed E-state index contributed by atoms with van der Waals surface area (Å²) in [5, 5.41) is 7.58. The third-order valence-corrected chi connectivity index (χ3v) is 6.62. The van der Waals surface area contributed by atoms with Crippen molar-refractivity contribution in [3.63, 3.8) is 0 Å². The summed E-state index contributed by atoms with van der Waals surface area (Å²) in [7, 11) is 1.92. The van der Waals surface area contributed by atoms with E-state index in [0.29, 0.717) is 0 Å². The number of rotatable bonds is 3. The quantitative estimate of drug-likeness (QED) is 0.423. The zero-order valence-corrected chi connectivity index (χ0v) is 18.2. The van der Waals surface area contributed by atoms with Gasteiger partial charge in [-0.2, -0.15) is 10.1 Å². The van der Waals surface area contributed by atoms with Gasteiger partial charge in [-0.1, -0.05) is 16.7 Å². The van der Waals surface area contributed by atoms with Crippen LogP contribution in [0.1, 0.15) is 22.4 Å². The SMILES string of the molecule is C[N+]1=C=[N+](c2cccc(C3(c4ccn[nH]4)c4ccncc4-c4cnccc43)c2)c2nccnc21. The van der Waals surface area contributed by atoms with Crippen molar-refractivity contribution in [3.8, 4) is 11.1 Å². The van der Waals surface area contributed by atoms with Crippen LogP contribution in [0.2, 0.25) is 0 Å². The first-order chi connectivity index (χ1) is 16.8. The summed E-state index contributed by atoms with van der Waals surface area (Å²) in [4.78, 5) is 17.9. The van der Waals surface area contributed by atoms with Crippen molar-refractivity contribution in [2.45, 2.75) is 5.41 Å². The topological polar surface area (TPSA) is 86.3 Å². The molecule has 2 aliphatic rings. The number of hydrogen-bond acceptors (Lipinski definition) is 5. The van der Waals surface area contributed by atoms with Crippen molar-refractivity contribution < 1.29 is 4.58 Å². The normalized spacial score (nSPS) is 14.7. The molecule has 8 heteroatoms. The van der Waals surface area contributed by atoms with E-state index in [0.717, 1.165) is 50.8 Å². The second-order valence-corrected chi connectivity index (χ2v) is 8.31. The molecule has 1 N–H and O–H groups in total. The summed E-state index contributed by atoms with van der Waals surface area (Å²) < 4.78 is 3.81. The zero-order chi connectivity index (χ0) is 22.7. The maximum absolute atomic E-state index is 4.56. The molecule has 4 aromatic heterocycles. The van der Waals surface area contributed by atoms with E-state index in [9.17, 15) is 0 Å². The molecule has 8 nitrogen and oxygen atoms in total. The van der Waals surface area contributed by atoms with Gasteiger partial charge in [0.1, 0.15) is 7.05 Å². The van der Waals surface area contributed by atoms with Crippen LogP contribution < -0.4 is 4.58 Å². The van der Waals surface area contributed by atoms with Crippen molar-refractivity contribution in [2.24, 2.45) is 0 Å². The molecule has 1 aliphatic heterocycles. The highest BCUT2D eigenvalue weighted by Gasteiger charge is 2.48. The molecule has 1 aromatic carbocycles. The van der Waals surface area contributed by atoms with Gasteiger partial charge >= 0.3 is 17.6 Å². The Morgan fingerprint density at radius 3 is 2.26 bits per heavy atom. The monoisotopic (exact) mass is 442 g/mol. The maximum atomic E-state index is 4.56. The smallest absolute Gasteiger partial charge is 0.281 e. The number of nitrogens with zero attached hydrogens (tertiary/aromatic N) is 7. The number of hydrogen-bond donors (Lipinski definition) is 1. The number of fused-ring (bicyclic) bond motifs is 4. The van der Waals surface area contributed by atoms with Gasteiger partial charge < -0.3 is 0 Å². The van der Waals surface area contributed by atoms with Crippen molar-refractivity contribution in [2.75, 3.05) is 7.05 Å². The van der Waals surface area contributed by atoms with E-state index in [1.807, 2.05) is 47.1 Å². The van der Waals surface area contributed by atoms with E-state index < -0.39 is 5.41 Å². The highest BCUT2D eigenvalue weighted by atomic mass is 15.2. The van der Waals surface area contributed by atoms with E-state index >= 15 is 0 Å². The molecule has 7 rings (SSSR count). The first-order valence-corrected chi connectivity index (χ1v) is 10.9. The Morgan fingerprint density at radius 2 is 1.56 bits per heavy atom. The average Bonchev–Trinajstić information content (AvgIpc) is 3.61. The summed E-state index contributed by atoms with van der Waals surface area (Å²) in [6, 6.07) is 18.0. The van der Waals surface area contributed by atoms with Crippen molar-refractivity contribution in [3.05, 3.63) is 108 Å². The zero-order valence-electron chi connectivity index (χ0n) is 18.2. The minimum absolute atomic E-state index is 0.597. The molecule has 5 aromatic rings. The van der Waals surface area contributed by atoms with Gasteiger partial charge in [0.2, 0.25) is 0 Å². The molecule has 0 atom stereocenters. The molecule has 0 saturated carbocycles. The average molecular weight is 442 g/mol. The third-order valence-electron chi connectivity index (χ3n) is 6.62. The van der Waals surface area contributed by atoms with Gasteiger partial charge in [-0.25, -0.2) is 0 Å². The van der Waals surface area contributed by atoms with Crippen LogP contribution in [0.15, 0.2) is 85.8 Å². The van der Waals surface area contributed by atoms with Gasteiger partial charge in [0, 0.05) is 47.1 Å². The second kappa shape index (κ2) is 6.84. The Hall–Kier alpha value is -4.81. The summed E-state index contributed by atoms with van der Waals surface area (Å²) in [5.41, 5.74) is 6.83. The lowest BCUT2D eigenvalue weighted by Crippen LogP contribution is -2.29. The molecule has 0 bridgehead atoms. The third kappa shape index (κ3) is 2.34. The van der Waals surface area contributed by atoms with Gasteiger partial charge in [-0.15, -0.1) is 4.58 Å². The Kier molecular flexibility index (Phi) is 3.77. The summed E-state index contributed by atoms with van der Waals surface area (Å²) >= 11 is 0. The molecule has 0 spiro atoms. The number of H-pyrrole nitrogens is 1. The Bertz CT molecular complexity index is 1620. The molecular weight excluding hydrogens is 424 g/mol. The number of aromatic nitrogens is 6. The van der Waals surface area contributed by atoms with Crippen LogP contribution in [0.4, 0.5) is 17.3 Å². The van der Waals surface area contributed by atoms with E-state index in [1.165, 1.54) is 0 Å². The van der Waals surface area contributed by atoms with Gasteiger partial charge in [-0.05, 0) is 47.0 Å². The Balaban J connectivity index is 1.54. The molecule has 5 heterocycles. The lowest BCUT2D eigenvalue weighted by Gasteiger charge is -2.31. The number of pyridine rings is 2. The first kappa shape index (κ1) is 18.7. The predicted molar refractivity (Wildman–Crippen MR) is 126 cm³/mol. The number of aromatic amines is 1. The fraction of sp³-hybridized carbons (Fsp3) is 0.0769. The van der Waals surface area contributed by atoms with Gasteiger partial charge in [-0.3, -0.25) is 15.1 Å². The molecular formula is C26H18N8+2. The van der Waals surface area contributed by atoms with Crippen molar-refractivity contribution in [1.29, 1.82) is 0 Å². The Labute approximate surface area is 194 Å². The van der Waals surface area contributed by atoms with E-state index in [1.54, 1.807) is 18.6 Å².